The quantitative estimate of drug-likeness (QED) is 0.753. The molecule has 2 aromatic heterocycles. The van der Waals surface area contributed by atoms with E-state index in [1.165, 1.54) is 6.26 Å². The molecule has 1 amide bonds. The molecule has 0 aliphatic rings. The summed E-state index contributed by atoms with van der Waals surface area (Å²) in [5.41, 5.74) is 0.301. The molecule has 5 heteroatoms. The largest absolute Gasteiger partial charge is 0.463 e. The number of furan rings is 2. The van der Waals surface area contributed by atoms with Gasteiger partial charge in [-0.2, -0.15) is 0 Å². The predicted octanol–water partition coefficient (Wildman–Crippen LogP) is 3.49. The molecule has 5 nitrogen and oxygen atoms in total. The topological polar surface area (TPSA) is 75.6 Å². The van der Waals surface area contributed by atoms with Gasteiger partial charge in [0.2, 0.25) is 0 Å². The molecule has 0 aliphatic carbocycles. The minimum Gasteiger partial charge on any atom is -0.463 e. The number of carbonyl (C=O) groups excluding carboxylic acids is 1. The maximum atomic E-state index is 12.4. The van der Waals surface area contributed by atoms with Crippen LogP contribution < -0.4 is 5.32 Å². The lowest BCUT2D eigenvalue weighted by molar-refractivity contribution is 0.0319. The van der Waals surface area contributed by atoms with Gasteiger partial charge in [0.15, 0.2) is 5.76 Å². The summed E-state index contributed by atoms with van der Waals surface area (Å²) in [6.45, 7) is 3.40. The first-order valence-corrected chi connectivity index (χ1v) is 7.68. The summed E-state index contributed by atoms with van der Waals surface area (Å²) in [6, 6.07) is 14.7. The van der Waals surface area contributed by atoms with E-state index in [0.717, 1.165) is 5.56 Å². The van der Waals surface area contributed by atoms with E-state index in [1.54, 1.807) is 32.0 Å². The number of aryl methyl sites for hydroxylation is 1. The number of amides is 1. The van der Waals surface area contributed by atoms with Gasteiger partial charge in [0.25, 0.3) is 5.91 Å². The van der Waals surface area contributed by atoms with Crippen LogP contribution in [0.25, 0.3) is 11.1 Å². The highest BCUT2D eigenvalue weighted by Gasteiger charge is 2.28. The van der Waals surface area contributed by atoms with Crippen molar-refractivity contribution in [1.82, 2.24) is 5.32 Å². The van der Waals surface area contributed by atoms with Crippen molar-refractivity contribution < 1.29 is 18.7 Å². The highest BCUT2D eigenvalue weighted by atomic mass is 16.4. The second kappa shape index (κ2) is 6.37. The first-order valence-electron chi connectivity index (χ1n) is 7.68. The lowest BCUT2D eigenvalue weighted by Crippen LogP contribution is -2.38. The van der Waals surface area contributed by atoms with Crippen molar-refractivity contribution in [2.75, 3.05) is 6.54 Å². The maximum absolute atomic E-state index is 12.4. The molecule has 1 aromatic carbocycles. The summed E-state index contributed by atoms with van der Waals surface area (Å²) in [5, 5.41) is 13.2. The van der Waals surface area contributed by atoms with Crippen LogP contribution in [-0.4, -0.2) is 17.6 Å². The first-order chi connectivity index (χ1) is 11.5. The number of aliphatic hydroxyl groups is 1. The van der Waals surface area contributed by atoms with Crippen molar-refractivity contribution in [2.24, 2.45) is 0 Å². The van der Waals surface area contributed by atoms with Gasteiger partial charge < -0.3 is 19.3 Å². The Kier molecular flexibility index (Phi) is 4.27. The molecule has 0 saturated heterocycles. The Morgan fingerprint density at radius 3 is 2.58 bits per heavy atom. The maximum Gasteiger partial charge on any atom is 0.287 e. The second-order valence-corrected chi connectivity index (χ2v) is 5.90. The Balaban J connectivity index is 1.74. The molecule has 124 valence electrons. The Labute approximate surface area is 139 Å². The van der Waals surface area contributed by atoms with E-state index in [4.69, 9.17) is 8.83 Å². The Hall–Kier alpha value is -2.79. The van der Waals surface area contributed by atoms with Crippen LogP contribution in [0.3, 0.4) is 0 Å². The highest BCUT2D eigenvalue weighted by Crippen LogP contribution is 2.25. The van der Waals surface area contributed by atoms with Crippen molar-refractivity contribution in [3.8, 4) is 11.1 Å². The van der Waals surface area contributed by atoms with E-state index in [9.17, 15) is 9.90 Å². The number of nitrogens with one attached hydrogen (secondary N) is 1. The predicted molar refractivity (Wildman–Crippen MR) is 89.5 cm³/mol. The lowest BCUT2D eigenvalue weighted by Gasteiger charge is -2.21. The number of hydrogen-bond acceptors (Lipinski definition) is 4. The van der Waals surface area contributed by atoms with Gasteiger partial charge in [-0.05, 0) is 37.6 Å². The fourth-order valence-electron chi connectivity index (χ4n) is 2.47. The monoisotopic (exact) mass is 325 g/mol. The van der Waals surface area contributed by atoms with Crippen LogP contribution in [0.5, 0.6) is 0 Å². The van der Waals surface area contributed by atoms with Gasteiger partial charge in [-0.25, -0.2) is 0 Å². The van der Waals surface area contributed by atoms with Crippen LogP contribution in [0, 0.1) is 6.92 Å². The molecule has 0 fully saturated rings. The molecule has 2 heterocycles. The standard InChI is InChI=1S/C19H19NO4/c1-13-8-9-16(24-13)19(2,22)12-20-18(21)17-15(10-11-23-17)14-6-4-3-5-7-14/h3-11,22H,12H2,1-2H3,(H,20,21). The summed E-state index contributed by atoms with van der Waals surface area (Å²) in [4.78, 5) is 12.4. The van der Waals surface area contributed by atoms with E-state index in [-0.39, 0.29) is 18.2 Å². The van der Waals surface area contributed by atoms with Crippen LogP contribution in [-0.2, 0) is 5.60 Å². The zero-order valence-corrected chi connectivity index (χ0v) is 13.6. The molecule has 0 aliphatic heterocycles. The first kappa shape index (κ1) is 16.1. The average Bonchev–Trinajstić information content (AvgIpc) is 3.23. The van der Waals surface area contributed by atoms with Crippen LogP contribution in [0.15, 0.2) is 63.6 Å². The average molecular weight is 325 g/mol. The molecular weight excluding hydrogens is 306 g/mol. The SMILES string of the molecule is Cc1ccc(C(C)(O)CNC(=O)c2occc2-c2ccccc2)o1. The van der Waals surface area contributed by atoms with E-state index in [1.807, 2.05) is 30.3 Å². The highest BCUT2D eigenvalue weighted by molar-refractivity contribution is 5.98. The third kappa shape index (κ3) is 3.26. The van der Waals surface area contributed by atoms with Crippen molar-refractivity contribution >= 4 is 5.91 Å². The van der Waals surface area contributed by atoms with Crippen molar-refractivity contribution in [2.45, 2.75) is 19.4 Å². The summed E-state index contributed by atoms with van der Waals surface area (Å²) in [6.07, 6.45) is 1.48. The Morgan fingerprint density at radius 1 is 1.17 bits per heavy atom. The van der Waals surface area contributed by atoms with E-state index < -0.39 is 5.60 Å². The van der Waals surface area contributed by atoms with Gasteiger partial charge in [-0.3, -0.25) is 4.79 Å². The molecule has 3 rings (SSSR count). The minimum absolute atomic E-state index is 0.00766. The van der Waals surface area contributed by atoms with Gasteiger partial charge in [0.05, 0.1) is 12.8 Å². The molecule has 3 aromatic rings. The zero-order valence-electron chi connectivity index (χ0n) is 13.6. The Morgan fingerprint density at radius 2 is 1.92 bits per heavy atom. The molecule has 2 N–H and O–H groups in total. The van der Waals surface area contributed by atoms with E-state index in [0.29, 0.717) is 17.1 Å². The summed E-state index contributed by atoms with van der Waals surface area (Å²) < 4.78 is 10.8. The van der Waals surface area contributed by atoms with Gasteiger partial charge >= 0.3 is 0 Å². The summed E-state index contributed by atoms with van der Waals surface area (Å²) >= 11 is 0. The molecule has 0 radical (unpaired) electrons. The van der Waals surface area contributed by atoms with Crippen LogP contribution in [0.2, 0.25) is 0 Å². The number of rotatable bonds is 5. The number of benzene rings is 1. The summed E-state index contributed by atoms with van der Waals surface area (Å²) in [5.74, 6) is 0.937. The molecule has 0 spiro atoms. The smallest absolute Gasteiger partial charge is 0.287 e. The van der Waals surface area contributed by atoms with Gasteiger partial charge in [-0.1, -0.05) is 30.3 Å². The molecule has 0 bridgehead atoms. The third-order valence-corrected chi connectivity index (χ3v) is 3.82. The van der Waals surface area contributed by atoms with Gasteiger partial charge in [0, 0.05) is 5.56 Å². The van der Waals surface area contributed by atoms with Crippen LogP contribution in [0.1, 0.15) is 29.0 Å². The second-order valence-electron chi connectivity index (χ2n) is 5.90. The van der Waals surface area contributed by atoms with Crippen molar-refractivity contribution in [1.29, 1.82) is 0 Å². The molecule has 0 saturated carbocycles. The minimum atomic E-state index is -1.30. The van der Waals surface area contributed by atoms with E-state index in [2.05, 4.69) is 5.32 Å². The molecule has 24 heavy (non-hydrogen) atoms. The fourth-order valence-corrected chi connectivity index (χ4v) is 2.47. The number of hydrogen-bond donors (Lipinski definition) is 2. The van der Waals surface area contributed by atoms with Crippen LogP contribution in [0.4, 0.5) is 0 Å². The fraction of sp³-hybridized carbons (Fsp3) is 0.211. The summed E-state index contributed by atoms with van der Waals surface area (Å²) in [7, 11) is 0. The van der Waals surface area contributed by atoms with E-state index >= 15 is 0 Å². The molecule has 1 unspecified atom stereocenters. The van der Waals surface area contributed by atoms with Crippen molar-refractivity contribution in [3.63, 3.8) is 0 Å². The van der Waals surface area contributed by atoms with Crippen LogP contribution >= 0.6 is 0 Å². The normalized spacial score (nSPS) is 13.5. The molecular formula is C19H19NO4. The van der Waals surface area contributed by atoms with Gasteiger partial charge in [-0.15, -0.1) is 0 Å². The third-order valence-electron chi connectivity index (χ3n) is 3.82. The van der Waals surface area contributed by atoms with Crippen molar-refractivity contribution in [3.05, 3.63) is 72.1 Å². The van der Waals surface area contributed by atoms with Gasteiger partial charge in [0.1, 0.15) is 17.1 Å². The molecule has 1 atom stereocenters. The lowest BCUT2D eigenvalue weighted by atomic mass is 10.0. The Bertz CT molecular complexity index is 830. The number of carbonyl (C=O) groups is 1. The zero-order chi connectivity index (χ0) is 17.2.